The van der Waals surface area contributed by atoms with E-state index in [-0.39, 0.29) is 5.41 Å². The Balaban J connectivity index is 2.72. The number of ether oxygens (including phenoxy) is 1. The highest BCUT2D eigenvalue weighted by molar-refractivity contribution is 9.11. The monoisotopic (exact) mass is 374 g/mol. The van der Waals surface area contributed by atoms with E-state index >= 15 is 0 Å². The first-order valence-corrected chi connectivity index (χ1v) is 7.20. The average Bonchev–Trinajstić information content (AvgIpc) is 2.32. The molecule has 0 aromatic heterocycles. The van der Waals surface area contributed by atoms with Crippen LogP contribution in [-0.2, 0) is 6.54 Å². The van der Waals surface area contributed by atoms with Crippen LogP contribution in [0.4, 0.5) is 0 Å². The number of hydrogen-bond donors (Lipinski definition) is 1. The Morgan fingerprint density at radius 1 is 1.33 bits per heavy atom. The Morgan fingerprint density at radius 3 is 2.33 bits per heavy atom. The van der Waals surface area contributed by atoms with Crippen molar-refractivity contribution in [1.82, 2.24) is 0 Å². The van der Waals surface area contributed by atoms with Crippen molar-refractivity contribution in [3.8, 4) is 11.8 Å². The predicted molar refractivity (Wildman–Crippen MR) is 79.2 cm³/mol. The number of nitriles is 1. The summed E-state index contributed by atoms with van der Waals surface area (Å²) in [6.07, 6.45) is 0.682. The summed E-state index contributed by atoms with van der Waals surface area (Å²) >= 11 is 6.92. The SMILES string of the molecule is CC(C)(C#N)CCOc1c(Br)cc(CN)cc1Br. The molecular weight excluding hydrogens is 360 g/mol. The maximum Gasteiger partial charge on any atom is 0.147 e. The molecule has 5 heteroatoms. The molecule has 0 aliphatic rings. The molecule has 1 aromatic carbocycles. The zero-order valence-corrected chi connectivity index (χ0v) is 13.6. The van der Waals surface area contributed by atoms with Gasteiger partial charge < -0.3 is 10.5 Å². The van der Waals surface area contributed by atoms with Crippen LogP contribution in [0.25, 0.3) is 0 Å². The van der Waals surface area contributed by atoms with Crippen molar-refractivity contribution in [2.45, 2.75) is 26.8 Å². The van der Waals surface area contributed by atoms with E-state index in [4.69, 9.17) is 15.7 Å². The predicted octanol–water partition coefficient (Wildman–Crippen LogP) is 3.99. The quantitative estimate of drug-likeness (QED) is 0.846. The van der Waals surface area contributed by atoms with Crippen molar-refractivity contribution in [2.24, 2.45) is 11.1 Å². The van der Waals surface area contributed by atoms with Crippen LogP contribution >= 0.6 is 31.9 Å². The first kappa shape index (κ1) is 15.5. The van der Waals surface area contributed by atoms with Crippen molar-refractivity contribution in [2.75, 3.05) is 6.61 Å². The summed E-state index contributed by atoms with van der Waals surface area (Å²) < 4.78 is 7.45. The molecule has 1 rings (SSSR count). The first-order valence-electron chi connectivity index (χ1n) is 5.61. The smallest absolute Gasteiger partial charge is 0.147 e. The summed E-state index contributed by atoms with van der Waals surface area (Å²) in [5.41, 5.74) is 6.26. The minimum Gasteiger partial charge on any atom is -0.491 e. The van der Waals surface area contributed by atoms with Gasteiger partial charge in [0.2, 0.25) is 0 Å². The minimum absolute atomic E-state index is 0.365. The number of nitrogens with zero attached hydrogens (tertiary/aromatic N) is 1. The largest absolute Gasteiger partial charge is 0.491 e. The Hall–Kier alpha value is -0.570. The summed E-state index contributed by atoms with van der Waals surface area (Å²) in [4.78, 5) is 0. The standard InChI is InChI=1S/C13H16Br2N2O/c1-13(2,8-17)3-4-18-12-10(14)5-9(7-16)6-11(12)15/h5-6H,3-4,7,16H2,1-2H3. The van der Waals surface area contributed by atoms with Gasteiger partial charge in [-0.15, -0.1) is 0 Å². The Morgan fingerprint density at radius 2 is 1.89 bits per heavy atom. The lowest BCUT2D eigenvalue weighted by molar-refractivity contribution is 0.261. The normalized spacial score (nSPS) is 11.1. The van der Waals surface area contributed by atoms with E-state index in [1.165, 1.54) is 0 Å². The van der Waals surface area contributed by atoms with Crippen LogP contribution in [0.3, 0.4) is 0 Å². The van der Waals surface area contributed by atoms with Gasteiger partial charge in [-0.1, -0.05) is 0 Å². The summed E-state index contributed by atoms with van der Waals surface area (Å²) in [6, 6.07) is 6.14. The van der Waals surface area contributed by atoms with E-state index < -0.39 is 0 Å². The lowest BCUT2D eigenvalue weighted by Crippen LogP contribution is -2.13. The highest BCUT2D eigenvalue weighted by Crippen LogP contribution is 2.35. The third-order valence-electron chi connectivity index (χ3n) is 2.57. The second kappa shape index (κ2) is 6.55. The third kappa shape index (κ3) is 4.27. The molecule has 0 aliphatic heterocycles. The van der Waals surface area contributed by atoms with Gasteiger partial charge in [0.05, 0.1) is 27.0 Å². The molecule has 0 heterocycles. The zero-order chi connectivity index (χ0) is 13.8. The van der Waals surface area contributed by atoms with Gasteiger partial charge in [0.1, 0.15) is 5.75 Å². The molecular formula is C13H16Br2N2O. The van der Waals surface area contributed by atoms with Gasteiger partial charge >= 0.3 is 0 Å². The molecule has 0 bridgehead atoms. The molecule has 98 valence electrons. The summed E-state index contributed by atoms with van der Waals surface area (Å²) in [5, 5.41) is 8.93. The van der Waals surface area contributed by atoms with Crippen LogP contribution in [0, 0.1) is 16.7 Å². The van der Waals surface area contributed by atoms with E-state index in [2.05, 4.69) is 37.9 Å². The summed E-state index contributed by atoms with van der Waals surface area (Å²) in [5.74, 6) is 0.751. The molecule has 0 saturated heterocycles. The van der Waals surface area contributed by atoms with Crippen molar-refractivity contribution in [1.29, 1.82) is 5.26 Å². The molecule has 2 N–H and O–H groups in total. The number of rotatable bonds is 5. The fourth-order valence-electron chi connectivity index (χ4n) is 1.33. The number of benzene rings is 1. The number of halogens is 2. The van der Waals surface area contributed by atoms with Crippen LogP contribution in [0.5, 0.6) is 5.75 Å². The van der Waals surface area contributed by atoms with Gasteiger partial charge in [-0.3, -0.25) is 0 Å². The molecule has 0 saturated carbocycles. The maximum absolute atomic E-state index is 8.93. The van der Waals surface area contributed by atoms with Crippen molar-refractivity contribution in [3.63, 3.8) is 0 Å². The van der Waals surface area contributed by atoms with Gasteiger partial charge in [0.15, 0.2) is 0 Å². The van der Waals surface area contributed by atoms with Crippen molar-refractivity contribution < 1.29 is 4.74 Å². The molecule has 0 fully saturated rings. The summed E-state index contributed by atoms with van der Waals surface area (Å²) in [7, 11) is 0. The Labute approximate surface area is 125 Å². The first-order chi connectivity index (χ1) is 8.39. The minimum atomic E-state index is -0.365. The van der Waals surface area contributed by atoms with Crippen molar-refractivity contribution >= 4 is 31.9 Å². The molecule has 0 atom stereocenters. The van der Waals surface area contributed by atoms with E-state index in [1.54, 1.807) is 0 Å². The molecule has 0 aliphatic carbocycles. The lowest BCUT2D eigenvalue weighted by atomic mass is 9.92. The average molecular weight is 376 g/mol. The summed E-state index contributed by atoms with van der Waals surface area (Å²) in [6.45, 7) is 4.79. The third-order valence-corrected chi connectivity index (χ3v) is 3.75. The fourth-order valence-corrected chi connectivity index (χ4v) is 2.84. The molecule has 0 radical (unpaired) electrons. The van der Waals surface area contributed by atoms with Crippen molar-refractivity contribution in [3.05, 3.63) is 26.6 Å². The van der Waals surface area contributed by atoms with Gasteiger partial charge in [-0.05, 0) is 69.8 Å². The molecule has 0 spiro atoms. The topological polar surface area (TPSA) is 59.0 Å². The van der Waals surface area contributed by atoms with E-state index in [1.807, 2.05) is 26.0 Å². The van der Waals surface area contributed by atoms with Crippen LogP contribution in [0.2, 0.25) is 0 Å². The van der Waals surface area contributed by atoms with Gasteiger partial charge in [0.25, 0.3) is 0 Å². The molecule has 1 aromatic rings. The van der Waals surface area contributed by atoms with Crippen LogP contribution in [0.15, 0.2) is 21.1 Å². The van der Waals surface area contributed by atoms with E-state index in [9.17, 15) is 0 Å². The Bertz CT molecular complexity index is 444. The van der Waals surface area contributed by atoms with Gasteiger partial charge in [0, 0.05) is 6.54 Å². The lowest BCUT2D eigenvalue weighted by Gasteiger charge is -2.17. The molecule has 0 amide bonds. The van der Waals surface area contributed by atoms with Crippen LogP contribution in [0.1, 0.15) is 25.8 Å². The molecule has 0 unspecified atom stereocenters. The van der Waals surface area contributed by atoms with Gasteiger partial charge in [-0.25, -0.2) is 0 Å². The zero-order valence-electron chi connectivity index (χ0n) is 10.5. The van der Waals surface area contributed by atoms with Crippen LogP contribution < -0.4 is 10.5 Å². The second-order valence-corrected chi connectivity index (χ2v) is 6.40. The maximum atomic E-state index is 8.93. The fraction of sp³-hybridized carbons (Fsp3) is 0.462. The highest BCUT2D eigenvalue weighted by atomic mass is 79.9. The molecule has 18 heavy (non-hydrogen) atoms. The highest BCUT2D eigenvalue weighted by Gasteiger charge is 2.17. The molecule has 3 nitrogen and oxygen atoms in total. The number of hydrogen-bond acceptors (Lipinski definition) is 3. The van der Waals surface area contributed by atoms with E-state index in [0.29, 0.717) is 19.6 Å². The number of nitrogens with two attached hydrogens (primary N) is 1. The van der Waals surface area contributed by atoms with E-state index in [0.717, 1.165) is 20.3 Å². The van der Waals surface area contributed by atoms with Gasteiger partial charge in [-0.2, -0.15) is 5.26 Å². The second-order valence-electron chi connectivity index (χ2n) is 4.69. The Kier molecular flexibility index (Phi) is 5.64. The van der Waals surface area contributed by atoms with Crippen LogP contribution in [-0.4, -0.2) is 6.61 Å².